The molecule has 45 valence electrons. The summed E-state index contributed by atoms with van der Waals surface area (Å²) in [6.45, 7) is 2.31. The highest BCUT2D eigenvalue weighted by atomic mass is 15.0. The fourth-order valence-electron chi connectivity index (χ4n) is 1.49. The molecule has 0 aromatic heterocycles. The number of hydrogen-bond donors (Lipinski definition) is 2. The van der Waals surface area contributed by atoms with Gasteiger partial charge in [-0.2, -0.15) is 0 Å². The first-order valence-corrected chi connectivity index (χ1v) is 3.16. The Morgan fingerprint density at radius 3 is 2.62 bits per heavy atom. The van der Waals surface area contributed by atoms with Crippen molar-refractivity contribution in [3.63, 3.8) is 0 Å². The van der Waals surface area contributed by atoms with Crippen LogP contribution in [0.3, 0.4) is 0 Å². The molecule has 1 radical (unpaired) electrons. The lowest BCUT2D eigenvalue weighted by Gasteiger charge is -1.99. The molecule has 2 aliphatic rings. The van der Waals surface area contributed by atoms with Crippen molar-refractivity contribution in [2.75, 3.05) is 13.1 Å². The summed E-state index contributed by atoms with van der Waals surface area (Å²) in [6, 6.07) is 1.22. The third-order valence-electron chi connectivity index (χ3n) is 2.33. The number of nitrogens with two attached hydrogens (primary N) is 1. The minimum Gasteiger partial charge on any atom is -0.323 e. The van der Waals surface area contributed by atoms with E-state index < -0.39 is 0 Å². The van der Waals surface area contributed by atoms with Crippen molar-refractivity contribution in [3.8, 4) is 0 Å². The summed E-state index contributed by atoms with van der Waals surface area (Å²) in [5.41, 5.74) is 6.13. The zero-order chi connectivity index (χ0) is 5.61. The van der Waals surface area contributed by atoms with Gasteiger partial charge in [-0.05, 0) is 19.4 Å². The summed E-state index contributed by atoms with van der Waals surface area (Å²) in [7, 11) is 0. The SMILES string of the molecule is N[C]1CC12CCNC2. The van der Waals surface area contributed by atoms with Crippen LogP contribution in [0, 0.1) is 11.5 Å². The van der Waals surface area contributed by atoms with Gasteiger partial charge in [0.05, 0.1) is 0 Å². The fraction of sp³-hybridized carbons (Fsp3) is 0.833. The van der Waals surface area contributed by atoms with Crippen molar-refractivity contribution in [2.45, 2.75) is 12.8 Å². The Kier molecular flexibility index (Phi) is 0.746. The highest BCUT2D eigenvalue weighted by Crippen LogP contribution is 2.54. The van der Waals surface area contributed by atoms with Crippen molar-refractivity contribution >= 4 is 0 Å². The molecule has 0 aromatic carbocycles. The molecule has 2 heteroatoms. The highest BCUT2D eigenvalue weighted by molar-refractivity contribution is 5.24. The van der Waals surface area contributed by atoms with Gasteiger partial charge in [0.15, 0.2) is 0 Å². The minimum atomic E-state index is 0.486. The number of hydrogen-bond acceptors (Lipinski definition) is 2. The normalized spacial score (nSPS) is 46.1. The van der Waals surface area contributed by atoms with Gasteiger partial charge in [0, 0.05) is 18.0 Å². The molecule has 2 fully saturated rings. The molecule has 1 saturated heterocycles. The van der Waals surface area contributed by atoms with Crippen molar-refractivity contribution in [1.82, 2.24) is 5.32 Å². The molecule has 3 N–H and O–H groups in total. The Morgan fingerprint density at radius 2 is 2.38 bits per heavy atom. The van der Waals surface area contributed by atoms with E-state index in [1.807, 2.05) is 0 Å². The predicted molar refractivity (Wildman–Crippen MR) is 32.0 cm³/mol. The first-order chi connectivity index (χ1) is 3.83. The van der Waals surface area contributed by atoms with E-state index in [0.29, 0.717) is 5.41 Å². The van der Waals surface area contributed by atoms with E-state index in [1.54, 1.807) is 0 Å². The Balaban J connectivity index is 2.06. The second-order valence-electron chi connectivity index (χ2n) is 2.91. The van der Waals surface area contributed by atoms with E-state index in [9.17, 15) is 0 Å². The second-order valence-corrected chi connectivity index (χ2v) is 2.91. The van der Waals surface area contributed by atoms with Crippen LogP contribution in [0.5, 0.6) is 0 Å². The summed E-state index contributed by atoms with van der Waals surface area (Å²) in [5, 5.41) is 3.30. The molecule has 8 heavy (non-hydrogen) atoms. The van der Waals surface area contributed by atoms with E-state index >= 15 is 0 Å². The van der Waals surface area contributed by atoms with Crippen LogP contribution in [0.15, 0.2) is 0 Å². The average Bonchev–Trinajstić information content (AvgIpc) is 2.29. The monoisotopic (exact) mass is 111 g/mol. The van der Waals surface area contributed by atoms with Gasteiger partial charge in [-0.25, -0.2) is 0 Å². The quantitative estimate of drug-likeness (QED) is 0.456. The lowest BCUT2D eigenvalue weighted by molar-refractivity contribution is 0.581. The van der Waals surface area contributed by atoms with Gasteiger partial charge in [-0.1, -0.05) is 0 Å². The fourth-order valence-corrected chi connectivity index (χ4v) is 1.49. The Morgan fingerprint density at radius 1 is 1.62 bits per heavy atom. The summed E-state index contributed by atoms with van der Waals surface area (Å²) in [4.78, 5) is 0. The highest BCUT2D eigenvalue weighted by Gasteiger charge is 2.53. The minimum absolute atomic E-state index is 0.486. The van der Waals surface area contributed by atoms with Crippen LogP contribution in [0.1, 0.15) is 12.8 Å². The van der Waals surface area contributed by atoms with E-state index in [4.69, 9.17) is 5.73 Å². The van der Waals surface area contributed by atoms with Gasteiger partial charge < -0.3 is 11.1 Å². The third-order valence-corrected chi connectivity index (χ3v) is 2.33. The summed E-state index contributed by atoms with van der Waals surface area (Å²) in [5.74, 6) is 0. The Labute approximate surface area is 49.4 Å². The van der Waals surface area contributed by atoms with E-state index in [2.05, 4.69) is 5.32 Å². The number of nitrogens with one attached hydrogen (secondary N) is 1. The molecule has 2 nitrogen and oxygen atoms in total. The van der Waals surface area contributed by atoms with E-state index in [1.165, 1.54) is 25.4 Å². The van der Waals surface area contributed by atoms with Crippen molar-refractivity contribution in [3.05, 3.63) is 6.04 Å². The molecule has 2 rings (SSSR count). The lowest BCUT2D eigenvalue weighted by atomic mass is 10.1. The smallest absolute Gasteiger partial charge is 0.0420 e. The standard InChI is InChI=1S/C6H11N2/c7-5-3-6(5)1-2-8-4-6/h8H,1-4,7H2. The molecule has 1 aliphatic carbocycles. The zero-order valence-corrected chi connectivity index (χ0v) is 4.91. The number of rotatable bonds is 0. The summed E-state index contributed by atoms with van der Waals surface area (Å²) < 4.78 is 0. The zero-order valence-electron chi connectivity index (χ0n) is 4.91. The van der Waals surface area contributed by atoms with Gasteiger partial charge in [0.1, 0.15) is 0 Å². The van der Waals surface area contributed by atoms with Gasteiger partial charge in [0.2, 0.25) is 0 Å². The van der Waals surface area contributed by atoms with Gasteiger partial charge in [-0.3, -0.25) is 0 Å². The maximum atomic E-state index is 5.64. The van der Waals surface area contributed by atoms with E-state index in [0.717, 1.165) is 6.54 Å². The maximum absolute atomic E-state index is 5.64. The van der Waals surface area contributed by atoms with Gasteiger partial charge in [-0.15, -0.1) is 0 Å². The second kappa shape index (κ2) is 1.25. The summed E-state index contributed by atoms with van der Waals surface area (Å²) in [6.07, 6.45) is 2.46. The topological polar surface area (TPSA) is 38.0 Å². The largest absolute Gasteiger partial charge is 0.323 e. The predicted octanol–water partition coefficient (Wildman–Crippen LogP) is -0.140. The van der Waals surface area contributed by atoms with Crippen molar-refractivity contribution < 1.29 is 0 Å². The van der Waals surface area contributed by atoms with Crippen LogP contribution in [0.4, 0.5) is 0 Å². The van der Waals surface area contributed by atoms with Crippen LogP contribution in [0.2, 0.25) is 0 Å². The molecular formula is C6H11N2. The third kappa shape index (κ3) is 0.446. The van der Waals surface area contributed by atoms with Crippen LogP contribution in [-0.4, -0.2) is 13.1 Å². The summed E-state index contributed by atoms with van der Waals surface area (Å²) >= 11 is 0. The van der Waals surface area contributed by atoms with Crippen molar-refractivity contribution in [1.29, 1.82) is 0 Å². The van der Waals surface area contributed by atoms with Gasteiger partial charge >= 0.3 is 0 Å². The van der Waals surface area contributed by atoms with Gasteiger partial charge in [0.25, 0.3) is 0 Å². The molecule has 1 unspecified atom stereocenters. The molecular weight excluding hydrogens is 100 g/mol. The molecule has 0 amide bonds. The first-order valence-electron chi connectivity index (χ1n) is 3.16. The van der Waals surface area contributed by atoms with Crippen molar-refractivity contribution in [2.24, 2.45) is 11.1 Å². The molecule has 1 aliphatic heterocycles. The molecule has 1 spiro atoms. The molecule has 0 aromatic rings. The maximum Gasteiger partial charge on any atom is 0.0420 e. The van der Waals surface area contributed by atoms with Crippen LogP contribution >= 0.6 is 0 Å². The molecule has 1 saturated carbocycles. The molecule has 0 bridgehead atoms. The van der Waals surface area contributed by atoms with Crippen LogP contribution in [0.25, 0.3) is 0 Å². The van der Waals surface area contributed by atoms with E-state index in [-0.39, 0.29) is 0 Å². The Bertz CT molecular complexity index is 105. The lowest BCUT2D eigenvalue weighted by Crippen LogP contribution is -2.12. The Hall–Kier alpha value is -0.0800. The van der Waals surface area contributed by atoms with Crippen LogP contribution in [-0.2, 0) is 0 Å². The average molecular weight is 111 g/mol. The first kappa shape index (κ1) is 4.77. The molecule has 1 atom stereocenters. The molecule has 1 heterocycles. The van der Waals surface area contributed by atoms with Crippen LogP contribution < -0.4 is 11.1 Å².